The molecule has 0 bridgehead atoms. The third kappa shape index (κ3) is 4.62. The van der Waals surface area contributed by atoms with Crippen molar-refractivity contribution in [2.24, 2.45) is 0 Å². The topological polar surface area (TPSA) is 38.8 Å². The van der Waals surface area contributed by atoms with Crippen molar-refractivity contribution in [3.05, 3.63) is 29.8 Å². The maximum Gasteiger partial charge on any atom is 0.150 e. The molecule has 4 heteroatoms. The highest BCUT2D eigenvalue weighted by Gasteiger charge is 2.21. The second-order valence-electron chi connectivity index (χ2n) is 5.41. The summed E-state index contributed by atoms with van der Waals surface area (Å²) in [6.45, 7) is 7.90. The molecule has 2 rings (SSSR count). The van der Waals surface area contributed by atoms with Crippen molar-refractivity contribution < 1.29 is 14.3 Å². The molecule has 1 aromatic rings. The lowest BCUT2D eigenvalue weighted by Gasteiger charge is -2.35. The van der Waals surface area contributed by atoms with Gasteiger partial charge in [-0.3, -0.25) is 9.69 Å². The lowest BCUT2D eigenvalue weighted by atomic mass is 10.2. The van der Waals surface area contributed by atoms with Crippen LogP contribution in [-0.2, 0) is 4.74 Å². The SMILES string of the molecule is C[C@@H]1CN(CCCOc2cccc(C=O)c2)C[C@@H](C)O1. The van der Waals surface area contributed by atoms with Gasteiger partial charge in [0.15, 0.2) is 0 Å². The van der Waals surface area contributed by atoms with Crippen molar-refractivity contribution in [2.75, 3.05) is 26.2 Å². The minimum absolute atomic E-state index is 0.309. The zero-order valence-corrected chi connectivity index (χ0v) is 12.2. The van der Waals surface area contributed by atoms with Crippen molar-refractivity contribution in [1.82, 2.24) is 4.90 Å². The van der Waals surface area contributed by atoms with Gasteiger partial charge in [-0.1, -0.05) is 12.1 Å². The highest BCUT2D eigenvalue weighted by Crippen LogP contribution is 2.13. The smallest absolute Gasteiger partial charge is 0.150 e. The Balaban J connectivity index is 1.69. The third-order valence-electron chi connectivity index (χ3n) is 3.38. The first-order valence-electron chi connectivity index (χ1n) is 7.23. The maximum absolute atomic E-state index is 10.7. The van der Waals surface area contributed by atoms with Crippen LogP contribution in [-0.4, -0.2) is 49.6 Å². The molecule has 0 N–H and O–H groups in total. The Kier molecular flexibility index (Phi) is 5.56. The Hall–Kier alpha value is -1.39. The second-order valence-corrected chi connectivity index (χ2v) is 5.41. The van der Waals surface area contributed by atoms with Gasteiger partial charge in [0, 0.05) is 25.2 Å². The summed E-state index contributed by atoms with van der Waals surface area (Å²) >= 11 is 0. The van der Waals surface area contributed by atoms with Gasteiger partial charge in [0.2, 0.25) is 0 Å². The molecule has 110 valence electrons. The molecule has 4 nitrogen and oxygen atoms in total. The van der Waals surface area contributed by atoms with Crippen LogP contribution < -0.4 is 4.74 Å². The van der Waals surface area contributed by atoms with E-state index in [4.69, 9.17) is 9.47 Å². The molecule has 1 aromatic carbocycles. The van der Waals surface area contributed by atoms with Crippen molar-refractivity contribution in [1.29, 1.82) is 0 Å². The molecule has 1 saturated heterocycles. The number of carbonyl (C=O) groups is 1. The molecule has 1 heterocycles. The molecular weight excluding hydrogens is 254 g/mol. The monoisotopic (exact) mass is 277 g/mol. The fourth-order valence-electron chi connectivity index (χ4n) is 2.62. The molecule has 0 unspecified atom stereocenters. The van der Waals surface area contributed by atoms with Crippen LogP contribution in [0, 0.1) is 0 Å². The Morgan fingerprint density at radius 2 is 2.10 bits per heavy atom. The van der Waals surface area contributed by atoms with Crippen LogP contribution in [0.1, 0.15) is 30.6 Å². The molecule has 20 heavy (non-hydrogen) atoms. The minimum Gasteiger partial charge on any atom is -0.494 e. The van der Waals surface area contributed by atoms with Crippen LogP contribution in [0.2, 0.25) is 0 Å². The highest BCUT2D eigenvalue weighted by atomic mass is 16.5. The average Bonchev–Trinajstić information content (AvgIpc) is 2.43. The van der Waals surface area contributed by atoms with E-state index >= 15 is 0 Å². The number of rotatable bonds is 6. The predicted molar refractivity (Wildman–Crippen MR) is 78.4 cm³/mol. The molecule has 1 aliphatic rings. The number of hydrogen-bond acceptors (Lipinski definition) is 4. The van der Waals surface area contributed by atoms with Crippen LogP contribution in [0.3, 0.4) is 0 Å². The standard InChI is InChI=1S/C16H23NO3/c1-13-10-17(11-14(2)20-13)7-4-8-19-16-6-3-5-15(9-16)12-18/h3,5-6,9,12-14H,4,7-8,10-11H2,1-2H3/t13-,14-/m1/s1. The van der Waals surface area contributed by atoms with Gasteiger partial charge in [0.05, 0.1) is 18.8 Å². The fraction of sp³-hybridized carbons (Fsp3) is 0.562. The summed E-state index contributed by atoms with van der Waals surface area (Å²) in [5.41, 5.74) is 0.651. The summed E-state index contributed by atoms with van der Waals surface area (Å²) in [4.78, 5) is 13.1. The van der Waals surface area contributed by atoms with Gasteiger partial charge in [-0.25, -0.2) is 0 Å². The quantitative estimate of drug-likeness (QED) is 0.591. The van der Waals surface area contributed by atoms with Crippen LogP contribution in [0.4, 0.5) is 0 Å². The molecule has 1 aliphatic heterocycles. The van der Waals surface area contributed by atoms with Gasteiger partial charge in [-0.2, -0.15) is 0 Å². The Morgan fingerprint density at radius 3 is 2.80 bits per heavy atom. The summed E-state index contributed by atoms with van der Waals surface area (Å²) in [6.07, 6.45) is 2.43. The van der Waals surface area contributed by atoms with E-state index in [-0.39, 0.29) is 0 Å². The van der Waals surface area contributed by atoms with Gasteiger partial charge < -0.3 is 9.47 Å². The molecular formula is C16H23NO3. The Labute approximate surface area is 120 Å². The lowest BCUT2D eigenvalue weighted by molar-refractivity contribution is -0.0686. The van der Waals surface area contributed by atoms with Crippen LogP contribution in [0.25, 0.3) is 0 Å². The van der Waals surface area contributed by atoms with E-state index in [1.807, 2.05) is 12.1 Å². The Bertz CT molecular complexity index is 425. The maximum atomic E-state index is 10.7. The van der Waals surface area contributed by atoms with Crippen molar-refractivity contribution in [3.63, 3.8) is 0 Å². The normalized spacial score (nSPS) is 23.5. The molecule has 0 aromatic heterocycles. The Morgan fingerprint density at radius 1 is 1.35 bits per heavy atom. The van der Waals surface area contributed by atoms with Crippen molar-refractivity contribution in [2.45, 2.75) is 32.5 Å². The minimum atomic E-state index is 0.309. The fourth-order valence-corrected chi connectivity index (χ4v) is 2.62. The van der Waals surface area contributed by atoms with E-state index in [1.54, 1.807) is 12.1 Å². The number of carbonyl (C=O) groups excluding carboxylic acids is 1. The molecule has 0 saturated carbocycles. The highest BCUT2D eigenvalue weighted by molar-refractivity contribution is 5.75. The van der Waals surface area contributed by atoms with Gasteiger partial charge in [0.1, 0.15) is 12.0 Å². The van der Waals surface area contributed by atoms with E-state index in [0.29, 0.717) is 24.4 Å². The van der Waals surface area contributed by atoms with Crippen LogP contribution in [0.5, 0.6) is 5.75 Å². The summed E-state index contributed by atoms with van der Waals surface area (Å²) in [6, 6.07) is 7.26. The lowest BCUT2D eigenvalue weighted by Crippen LogP contribution is -2.45. The van der Waals surface area contributed by atoms with E-state index in [2.05, 4.69) is 18.7 Å². The second kappa shape index (κ2) is 7.41. The van der Waals surface area contributed by atoms with Crippen LogP contribution >= 0.6 is 0 Å². The third-order valence-corrected chi connectivity index (χ3v) is 3.38. The van der Waals surface area contributed by atoms with E-state index < -0.39 is 0 Å². The summed E-state index contributed by atoms with van der Waals surface area (Å²) in [5, 5.41) is 0. The zero-order chi connectivity index (χ0) is 14.4. The number of ether oxygens (including phenoxy) is 2. The average molecular weight is 277 g/mol. The summed E-state index contributed by atoms with van der Waals surface area (Å²) in [5.74, 6) is 0.762. The molecule has 2 atom stereocenters. The van der Waals surface area contributed by atoms with Crippen molar-refractivity contribution >= 4 is 6.29 Å². The first-order chi connectivity index (χ1) is 9.67. The number of hydrogen-bond donors (Lipinski definition) is 0. The van der Waals surface area contributed by atoms with Gasteiger partial charge in [-0.05, 0) is 32.4 Å². The van der Waals surface area contributed by atoms with Crippen LogP contribution in [0.15, 0.2) is 24.3 Å². The first kappa shape index (κ1) is 15.0. The van der Waals surface area contributed by atoms with Gasteiger partial charge in [-0.15, -0.1) is 0 Å². The summed E-state index contributed by atoms with van der Waals surface area (Å²) < 4.78 is 11.4. The van der Waals surface area contributed by atoms with Gasteiger partial charge in [0.25, 0.3) is 0 Å². The van der Waals surface area contributed by atoms with E-state index in [0.717, 1.165) is 38.1 Å². The molecule has 0 aliphatic carbocycles. The summed E-state index contributed by atoms with van der Waals surface area (Å²) in [7, 11) is 0. The molecule has 1 fully saturated rings. The number of benzene rings is 1. The zero-order valence-electron chi connectivity index (χ0n) is 12.2. The first-order valence-corrected chi connectivity index (χ1v) is 7.23. The predicted octanol–water partition coefficient (Wildman–Crippen LogP) is 2.38. The number of nitrogens with zero attached hydrogens (tertiary/aromatic N) is 1. The molecule has 0 amide bonds. The molecule has 0 radical (unpaired) electrons. The van der Waals surface area contributed by atoms with Crippen molar-refractivity contribution in [3.8, 4) is 5.75 Å². The van der Waals surface area contributed by atoms with E-state index in [9.17, 15) is 4.79 Å². The number of morpholine rings is 1. The molecule has 0 spiro atoms. The number of aldehydes is 1. The largest absolute Gasteiger partial charge is 0.494 e. The van der Waals surface area contributed by atoms with E-state index in [1.165, 1.54) is 0 Å². The van der Waals surface area contributed by atoms with Gasteiger partial charge >= 0.3 is 0 Å².